The van der Waals surface area contributed by atoms with Gasteiger partial charge in [-0.1, -0.05) is 18.2 Å². The molecule has 0 unspecified atom stereocenters. The molecule has 0 aliphatic heterocycles. The number of hydrogen-bond donors (Lipinski definition) is 0. The van der Waals surface area contributed by atoms with E-state index in [2.05, 4.69) is 0 Å². The molecule has 2 aromatic carbocycles. The van der Waals surface area contributed by atoms with E-state index in [9.17, 15) is 28.1 Å². The summed E-state index contributed by atoms with van der Waals surface area (Å²) in [5.74, 6) is 0. The third-order valence-corrected chi connectivity index (χ3v) is 4.40. The Bertz CT molecular complexity index is 1160. The van der Waals surface area contributed by atoms with Gasteiger partial charge in [-0.15, -0.1) is 0 Å². The van der Waals surface area contributed by atoms with Crippen LogP contribution < -0.4 is 0 Å². The van der Waals surface area contributed by atoms with Crippen molar-refractivity contribution >= 4 is 22.7 Å². The molecule has 0 aliphatic carbocycles. The van der Waals surface area contributed by atoms with Gasteiger partial charge in [0.1, 0.15) is 5.60 Å². The quantitative estimate of drug-likeness (QED) is 0.359. The lowest BCUT2D eigenvalue weighted by atomic mass is 10.0. The number of rotatable bonds is 2. The maximum atomic E-state index is 13.6. The number of aromatic nitrogens is 1. The summed E-state index contributed by atoms with van der Waals surface area (Å²) in [5.41, 5.74) is -1.98. The van der Waals surface area contributed by atoms with E-state index in [1.807, 2.05) is 0 Å². The number of nitro groups is 1. The zero-order chi connectivity index (χ0) is 22.4. The van der Waals surface area contributed by atoms with Crippen LogP contribution in [-0.2, 0) is 10.9 Å². The van der Waals surface area contributed by atoms with Gasteiger partial charge in [-0.3, -0.25) is 10.1 Å². The predicted octanol–water partition coefficient (Wildman–Crippen LogP) is 6.33. The molecule has 0 atom stereocenters. The van der Waals surface area contributed by atoms with Gasteiger partial charge in [0.05, 0.1) is 21.7 Å². The Hall–Kier alpha value is -3.36. The molecule has 0 spiro atoms. The molecular weight excluding hydrogens is 401 g/mol. The van der Waals surface area contributed by atoms with Gasteiger partial charge in [0.25, 0.3) is 5.69 Å². The van der Waals surface area contributed by atoms with Gasteiger partial charge in [-0.2, -0.15) is 13.2 Å². The molecule has 1 heterocycles. The first-order chi connectivity index (χ1) is 13.8. The van der Waals surface area contributed by atoms with Crippen molar-refractivity contribution in [1.29, 1.82) is 0 Å². The summed E-state index contributed by atoms with van der Waals surface area (Å²) in [6, 6.07) is 8.89. The van der Waals surface area contributed by atoms with Crippen molar-refractivity contribution in [1.82, 2.24) is 4.57 Å². The van der Waals surface area contributed by atoms with Gasteiger partial charge in [0, 0.05) is 22.6 Å². The van der Waals surface area contributed by atoms with E-state index >= 15 is 0 Å². The molecule has 3 aromatic rings. The molecule has 0 aliphatic rings. The van der Waals surface area contributed by atoms with Crippen molar-refractivity contribution < 1.29 is 27.6 Å². The minimum atomic E-state index is -4.66. The number of carbonyl (C=O) groups excluding carboxylic acids is 1. The third-order valence-electron chi connectivity index (χ3n) is 4.40. The second-order valence-corrected chi connectivity index (χ2v) is 7.84. The molecule has 1 aromatic heterocycles. The van der Waals surface area contributed by atoms with Crippen molar-refractivity contribution in [2.75, 3.05) is 0 Å². The third kappa shape index (κ3) is 4.00. The molecule has 9 heteroatoms. The van der Waals surface area contributed by atoms with E-state index in [1.54, 1.807) is 20.8 Å². The second-order valence-electron chi connectivity index (χ2n) is 7.84. The molecule has 158 valence electrons. The van der Waals surface area contributed by atoms with Crippen LogP contribution in [0.1, 0.15) is 31.9 Å². The molecule has 0 saturated heterocycles. The van der Waals surface area contributed by atoms with Crippen molar-refractivity contribution in [3.8, 4) is 11.3 Å². The van der Waals surface area contributed by atoms with Crippen LogP contribution >= 0.6 is 0 Å². The molecule has 0 radical (unpaired) electrons. The average molecular weight is 420 g/mol. The highest BCUT2D eigenvalue weighted by Gasteiger charge is 2.35. The lowest BCUT2D eigenvalue weighted by molar-refractivity contribution is -0.385. The zero-order valence-corrected chi connectivity index (χ0v) is 16.7. The first-order valence-electron chi connectivity index (χ1n) is 9.00. The average Bonchev–Trinajstić information content (AvgIpc) is 2.96. The smallest absolute Gasteiger partial charge is 0.419 e. The van der Waals surface area contributed by atoms with Gasteiger partial charge in [0.15, 0.2) is 0 Å². The van der Waals surface area contributed by atoms with Crippen LogP contribution in [-0.4, -0.2) is 21.2 Å². The summed E-state index contributed by atoms with van der Waals surface area (Å²) < 4.78 is 47.2. The molecule has 0 N–H and O–H groups in total. The summed E-state index contributed by atoms with van der Waals surface area (Å²) in [6.45, 7) is 6.37. The Balaban J connectivity index is 2.39. The first kappa shape index (κ1) is 21.4. The maximum absolute atomic E-state index is 13.6. The van der Waals surface area contributed by atoms with E-state index in [-0.39, 0.29) is 22.5 Å². The summed E-state index contributed by atoms with van der Waals surface area (Å²) in [5, 5.41) is 11.8. The SMILES string of the molecule is Cc1cc2cc(-c3ccccc3C(F)(F)F)n(C(=O)OC(C)(C)C)c2cc1[N+](=O)[O-]. The van der Waals surface area contributed by atoms with E-state index in [4.69, 9.17) is 4.74 Å². The van der Waals surface area contributed by atoms with Crippen LogP contribution in [0, 0.1) is 17.0 Å². The van der Waals surface area contributed by atoms with Gasteiger partial charge < -0.3 is 4.74 Å². The summed E-state index contributed by atoms with van der Waals surface area (Å²) >= 11 is 0. The monoisotopic (exact) mass is 420 g/mol. The number of alkyl halides is 3. The van der Waals surface area contributed by atoms with E-state index in [0.717, 1.165) is 10.6 Å². The number of halogens is 3. The number of fused-ring (bicyclic) bond motifs is 1. The highest BCUT2D eigenvalue weighted by Crippen LogP contribution is 2.40. The Labute approximate surface area is 170 Å². The van der Waals surface area contributed by atoms with Crippen LogP contribution in [0.15, 0.2) is 42.5 Å². The molecule has 0 bridgehead atoms. The fourth-order valence-corrected chi connectivity index (χ4v) is 3.21. The highest BCUT2D eigenvalue weighted by molar-refractivity contribution is 5.98. The Morgan fingerprint density at radius 1 is 1.10 bits per heavy atom. The number of hydrogen-bond acceptors (Lipinski definition) is 4. The van der Waals surface area contributed by atoms with Crippen LogP contribution in [0.4, 0.5) is 23.7 Å². The topological polar surface area (TPSA) is 74.4 Å². The number of carbonyl (C=O) groups is 1. The number of nitrogens with zero attached hydrogens (tertiary/aromatic N) is 2. The summed E-state index contributed by atoms with van der Waals surface area (Å²) in [7, 11) is 0. The van der Waals surface area contributed by atoms with Crippen LogP contribution in [0.25, 0.3) is 22.2 Å². The van der Waals surface area contributed by atoms with Crippen molar-refractivity contribution in [3.05, 3.63) is 63.7 Å². The Kier molecular flexibility index (Phi) is 5.09. The summed E-state index contributed by atoms with van der Waals surface area (Å²) in [4.78, 5) is 23.7. The first-order valence-corrected chi connectivity index (χ1v) is 9.00. The van der Waals surface area contributed by atoms with Crippen LogP contribution in [0.5, 0.6) is 0 Å². The number of ether oxygens (including phenoxy) is 1. The normalized spacial score (nSPS) is 12.2. The summed E-state index contributed by atoms with van der Waals surface area (Å²) in [6.07, 6.45) is -5.59. The Morgan fingerprint density at radius 3 is 2.30 bits per heavy atom. The minimum absolute atomic E-state index is 0.0629. The molecule has 0 fully saturated rings. The van der Waals surface area contributed by atoms with Crippen LogP contribution in [0.3, 0.4) is 0 Å². The number of nitro benzene ring substituents is 1. The van der Waals surface area contributed by atoms with E-state index in [0.29, 0.717) is 10.9 Å². The van der Waals surface area contributed by atoms with Crippen molar-refractivity contribution in [2.24, 2.45) is 0 Å². The molecular formula is C21H19F3N2O4. The van der Waals surface area contributed by atoms with Crippen molar-refractivity contribution in [2.45, 2.75) is 39.5 Å². The van der Waals surface area contributed by atoms with Crippen LogP contribution in [0.2, 0.25) is 0 Å². The number of aryl methyl sites for hydroxylation is 1. The molecule has 30 heavy (non-hydrogen) atoms. The lowest BCUT2D eigenvalue weighted by Crippen LogP contribution is -2.27. The largest absolute Gasteiger partial charge is 0.443 e. The van der Waals surface area contributed by atoms with Gasteiger partial charge in [-0.25, -0.2) is 9.36 Å². The van der Waals surface area contributed by atoms with Gasteiger partial charge >= 0.3 is 12.3 Å². The minimum Gasteiger partial charge on any atom is -0.443 e. The lowest BCUT2D eigenvalue weighted by Gasteiger charge is -2.21. The predicted molar refractivity (Wildman–Crippen MR) is 105 cm³/mol. The van der Waals surface area contributed by atoms with E-state index < -0.39 is 28.4 Å². The highest BCUT2D eigenvalue weighted by atomic mass is 19.4. The molecule has 6 nitrogen and oxygen atoms in total. The Morgan fingerprint density at radius 2 is 1.73 bits per heavy atom. The van der Waals surface area contributed by atoms with E-state index in [1.165, 1.54) is 43.3 Å². The standard InChI is InChI=1S/C21H19F3N2O4/c1-12-9-13-10-18(14-7-5-6-8-15(14)21(22,23)24)25(19(27)30-20(2,3)4)17(13)11-16(12)26(28)29/h5-11H,1-4H3. The molecule has 0 amide bonds. The van der Waals surface area contributed by atoms with Gasteiger partial charge in [0.2, 0.25) is 0 Å². The fraction of sp³-hybridized carbons (Fsp3) is 0.286. The zero-order valence-electron chi connectivity index (χ0n) is 16.7. The van der Waals surface area contributed by atoms with Gasteiger partial charge in [-0.05, 0) is 45.9 Å². The second kappa shape index (κ2) is 7.16. The maximum Gasteiger partial charge on any atom is 0.419 e. The van der Waals surface area contributed by atoms with Crippen molar-refractivity contribution in [3.63, 3.8) is 0 Å². The fourth-order valence-electron chi connectivity index (χ4n) is 3.21. The molecule has 0 saturated carbocycles. The molecule has 3 rings (SSSR count). The number of benzene rings is 2.